The van der Waals surface area contributed by atoms with E-state index < -0.39 is 17.7 Å². The van der Waals surface area contributed by atoms with Gasteiger partial charge >= 0.3 is 0 Å². The Hall–Kier alpha value is -4.19. The van der Waals surface area contributed by atoms with E-state index in [1.54, 1.807) is 30.6 Å². The molecule has 1 fully saturated rings. The summed E-state index contributed by atoms with van der Waals surface area (Å²) in [6.45, 7) is 3.94. The number of nitrogens with one attached hydrogen (secondary N) is 1. The van der Waals surface area contributed by atoms with E-state index in [-0.39, 0.29) is 11.3 Å². The fourth-order valence-electron chi connectivity index (χ4n) is 4.20. The third-order valence-electron chi connectivity index (χ3n) is 6.03. The summed E-state index contributed by atoms with van der Waals surface area (Å²) < 4.78 is 0. The molecule has 2 N–H and O–H groups in total. The first-order valence-electron chi connectivity index (χ1n) is 10.3. The number of aromatic nitrogens is 2. The average Bonchev–Trinajstić information content (AvgIpc) is 3.35. The van der Waals surface area contributed by atoms with E-state index >= 15 is 0 Å². The Labute approximate surface area is 184 Å². The molecule has 32 heavy (non-hydrogen) atoms. The van der Waals surface area contributed by atoms with Crippen molar-refractivity contribution in [1.82, 2.24) is 9.97 Å². The van der Waals surface area contributed by atoms with Gasteiger partial charge in [-0.15, -0.1) is 0 Å². The number of hydrogen-bond acceptors (Lipinski definition) is 4. The topological polar surface area (TPSA) is 86.3 Å². The highest BCUT2D eigenvalue weighted by Gasteiger charge is 2.47. The predicted molar refractivity (Wildman–Crippen MR) is 123 cm³/mol. The summed E-state index contributed by atoms with van der Waals surface area (Å²) in [5.41, 5.74) is 4.50. The van der Waals surface area contributed by atoms with Crippen molar-refractivity contribution in [3.63, 3.8) is 0 Å². The lowest BCUT2D eigenvalue weighted by Crippen LogP contribution is -2.29. The molecule has 0 spiro atoms. The van der Waals surface area contributed by atoms with E-state index in [1.165, 1.54) is 4.90 Å². The van der Waals surface area contributed by atoms with Crippen LogP contribution in [-0.4, -0.2) is 26.8 Å². The third-order valence-corrected chi connectivity index (χ3v) is 6.03. The summed E-state index contributed by atoms with van der Waals surface area (Å²) in [6, 6.07) is 17.6. The van der Waals surface area contributed by atoms with Crippen LogP contribution in [0.2, 0.25) is 0 Å². The van der Waals surface area contributed by atoms with Crippen LogP contribution in [0.15, 0.2) is 78.6 Å². The first-order valence-corrected chi connectivity index (χ1v) is 10.3. The minimum absolute atomic E-state index is 0.0247. The van der Waals surface area contributed by atoms with Gasteiger partial charge in [0, 0.05) is 34.5 Å². The molecule has 0 bridgehead atoms. The van der Waals surface area contributed by atoms with E-state index in [2.05, 4.69) is 9.97 Å². The molecule has 3 heterocycles. The zero-order valence-corrected chi connectivity index (χ0v) is 17.7. The fraction of sp³-hybridized carbons (Fsp3) is 0.115. The summed E-state index contributed by atoms with van der Waals surface area (Å²) in [5, 5.41) is 12.1. The lowest BCUT2D eigenvalue weighted by molar-refractivity contribution is -0.132. The molecule has 0 saturated carbocycles. The number of aliphatic hydroxyl groups excluding tert-OH is 1. The molecule has 6 heteroatoms. The standard InChI is InChI=1S/C26H21N3O3/c1-15-10-11-17(13-16(15)2)29-23(21-9-5-6-12-27-21)22(25(31)26(29)32)24(30)19-14-28-20-8-4-3-7-18(19)20/h3-14,23,28,30H,1-2H3/b24-22-. The van der Waals surface area contributed by atoms with Crippen molar-refractivity contribution in [2.75, 3.05) is 4.90 Å². The van der Waals surface area contributed by atoms with Crippen LogP contribution in [0.1, 0.15) is 28.4 Å². The zero-order valence-electron chi connectivity index (χ0n) is 17.7. The molecule has 1 unspecified atom stereocenters. The molecule has 1 amide bonds. The molecule has 6 nitrogen and oxygen atoms in total. The van der Waals surface area contributed by atoms with Crippen molar-refractivity contribution in [1.29, 1.82) is 0 Å². The Morgan fingerprint density at radius 2 is 1.78 bits per heavy atom. The average molecular weight is 423 g/mol. The summed E-state index contributed by atoms with van der Waals surface area (Å²) in [6.07, 6.45) is 3.26. The number of fused-ring (bicyclic) bond motifs is 1. The lowest BCUT2D eigenvalue weighted by Gasteiger charge is -2.25. The minimum atomic E-state index is -0.841. The Kier molecular flexibility index (Phi) is 4.63. The SMILES string of the molecule is Cc1ccc(N2C(=O)C(=O)/C(=C(\O)c3c[nH]c4ccccc34)C2c2ccccn2)cc1C. The maximum Gasteiger partial charge on any atom is 0.300 e. The first kappa shape index (κ1) is 19.8. The van der Waals surface area contributed by atoms with Gasteiger partial charge in [-0.1, -0.05) is 30.3 Å². The van der Waals surface area contributed by atoms with Gasteiger partial charge < -0.3 is 10.1 Å². The van der Waals surface area contributed by atoms with Crippen LogP contribution < -0.4 is 4.90 Å². The van der Waals surface area contributed by atoms with Crippen molar-refractivity contribution in [2.45, 2.75) is 19.9 Å². The third kappa shape index (κ3) is 3.00. The number of nitrogens with zero attached hydrogens (tertiary/aromatic N) is 2. The van der Waals surface area contributed by atoms with Gasteiger partial charge in [-0.2, -0.15) is 0 Å². The predicted octanol–water partition coefficient (Wildman–Crippen LogP) is 4.81. The molecule has 1 aliphatic rings. The maximum atomic E-state index is 13.3. The van der Waals surface area contributed by atoms with Crippen LogP contribution in [0.4, 0.5) is 5.69 Å². The highest BCUT2D eigenvalue weighted by molar-refractivity contribution is 6.51. The van der Waals surface area contributed by atoms with Gasteiger partial charge in [-0.3, -0.25) is 19.5 Å². The number of aryl methyl sites for hydroxylation is 2. The normalized spacial score (nSPS) is 17.9. The van der Waals surface area contributed by atoms with Crippen molar-refractivity contribution >= 4 is 34.0 Å². The van der Waals surface area contributed by atoms with Gasteiger partial charge in [0.05, 0.1) is 11.3 Å². The van der Waals surface area contributed by atoms with Crippen LogP contribution >= 0.6 is 0 Å². The molecular formula is C26H21N3O3. The second-order valence-corrected chi connectivity index (χ2v) is 7.94. The van der Waals surface area contributed by atoms with Crippen LogP contribution in [0.25, 0.3) is 16.7 Å². The number of ketones is 1. The number of carbonyl (C=O) groups is 2. The zero-order chi connectivity index (χ0) is 22.4. The molecule has 0 aliphatic carbocycles. The number of aliphatic hydroxyl groups is 1. The number of rotatable bonds is 3. The number of anilines is 1. The number of para-hydroxylation sites is 1. The number of benzene rings is 2. The number of carbonyl (C=O) groups excluding carboxylic acids is 2. The van der Waals surface area contributed by atoms with Crippen molar-refractivity contribution in [2.24, 2.45) is 0 Å². The van der Waals surface area contributed by atoms with Crippen LogP contribution in [-0.2, 0) is 9.59 Å². The summed E-state index contributed by atoms with van der Waals surface area (Å²) >= 11 is 0. The van der Waals surface area contributed by atoms with Gasteiger partial charge in [-0.25, -0.2) is 0 Å². The van der Waals surface area contributed by atoms with Crippen LogP contribution in [0.3, 0.4) is 0 Å². The Balaban J connectivity index is 1.76. The van der Waals surface area contributed by atoms with Gasteiger partial charge in [-0.05, 0) is 55.3 Å². The highest BCUT2D eigenvalue weighted by atomic mass is 16.3. The van der Waals surface area contributed by atoms with Crippen molar-refractivity contribution in [3.05, 3.63) is 101 Å². The second kappa shape index (κ2) is 7.50. The first-order chi connectivity index (χ1) is 15.5. The minimum Gasteiger partial charge on any atom is -0.507 e. The number of aromatic amines is 1. The van der Waals surface area contributed by atoms with E-state index in [4.69, 9.17) is 0 Å². The lowest BCUT2D eigenvalue weighted by atomic mass is 9.97. The number of Topliss-reactive ketones (excluding diaryl/α,β-unsaturated/α-hetero) is 1. The molecule has 2 aromatic heterocycles. The van der Waals surface area contributed by atoms with Gasteiger partial charge in [0.25, 0.3) is 11.7 Å². The van der Waals surface area contributed by atoms with Gasteiger partial charge in [0.15, 0.2) is 0 Å². The number of hydrogen-bond donors (Lipinski definition) is 2. The van der Waals surface area contributed by atoms with Gasteiger partial charge in [0.1, 0.15) is 11.8 Å². The van der Waals surface area contributed by atoms with Crippen molar-refractivity contribution in [3.8, 4) is 0 Å². The van der Waals surface area contributed by atoms with Gasteiger partial charge in [0.2, 0.25) is 0 Å². The number of H-pyrrole nitrogens is 1. The van der Waals surface area contributed by atoms with E-state index in [0.717, 1.165) is 22.0 Å². The van der Waals surface area contributed by atoms with Crippen LogP contribution in [0.5, 0.6) is 0 Å². The Morgan fingerprint density at radius 3 is 2.53 bits per heavy atom. The smallest absolute Gasteiger partial charge is 0.300 e. The number of pyridine rings is 1. The monoisotopic (exact) mass is 423 g/mol. The molecule has 2 aromatic carbocycles. The summed E-state index contributed by atoms with van der Waals surface area (Å²) in [5.74, 6) is -1.64. The molecule has 1 aliphatic heterocycles. The largest absolute Gasteiger partial charge is 0.507 e. The second-order valence-electron chi connectivity index (χ2n) is 7.94. The van der Waals surface area contributed by atoms with Crippen molar-refractivity contribution < 1.29 is 14.7 Å². The Morgan fingerprint density at radius 1 is 1.00 bits per heavy atom. The molecule has 4 aromatic rings. The van der Waals surface area contributed by atoms with E-state index in [1.807, 2.05) is 56.3 Å². The molecule has 158 valence electrons. The summed E-state index contributed by atoms with van der Waals surface area (Å²) in [4.78, 5) is 35.4. The summed E-state index contributed by atoms with van der Waals surface area (Å²) in [7, 11) is 0. The van der Waals surface area contributed by atoms with Crippen LogP contribution in [0, 0.1) is 13.8 Å². The molecule has 5 rings (SSSR count). The fourth-order valence-corrected chi connectivity index (χ4v) is 4.20. The highest BCUT2D eigenvalue weighted by Crippen LogP contribution is 2.42. The quantitative estimate of drug-likeness (QED) is 0.281. The number of amides is 1. The molecular weight excluding hydrogens is 402 g/mol. The van der Waals surface area contributed by atoms with E-state index in [0.29, 0.717) is 16.9 Å². The van der Waals surface area contributed by atoms with E-state index in [9.17, 15) is 14.7 Å². The Bertz CT molecular complexity index is 1400. The maximum absolute atomic E-state index is 13.3. The molecule has 1 atom stereocenters. The molecule has 0 radical (unpaired) electrons. The molecule has 1 saturated heterocycles.